The molecule has 1 aliphatic rings. The van der Waals surface area contributed by atoms with Crippen molar-refractivity contribution < 1.29 is 18.1 Å². The third-order valence-electron chi connectivity index (χ3n) is 12.6. The van der Waals surface area contributed by atoms with Crippen LogP contribution in [0, 0.1) is 12.8 Å². The Morgan fingerprint density at radius 2 is 0.870 bits per heavy atom. The van der Waals surface area contributed by atoms with Gasteiger partial charge in [-0.2, -0.15) is 0 Å². The fraction of sp³-hybridized carbons (Fsp3) is 0.123. The molecule has 5 heterocycles. The molecule has 8 aromatic carbocycles. The van der Waals surface area contributed by atoms with Crippen molar-refractivity contribution in [2.75, 3.05) is 0 Å². The first-order valence-corrected chi connectivity index (χ1v) is 22.9. The van der Waals surface area contributed by atoms with E-state index in [0.29, 0.717) is 5.15 Å². The molecule has 1 fully saturated rings. The molecule has 0 saturated carbocycles. The second kappa shape index (κ2) is 18.8. The molecule has 0 amide bonds. The van der Waals surface area contributed by atoms with Crippen molar-refractivity contribution in [2.24, 2.45) is 0 Å². The highest BCUT2D eigenvalue weighted by Crippen LogP contribution is 2.39. The van der Waals surface area contributed by atoms with Crippen LogP contribution in [0.1, 0.15) is 35.1 Å². The van der Waals surface area contributed by atoms with Gasteiger partial charge in [-0.25, -0.2) is 19.9 Å². The summed E-state index contributed by atoms with van der Waals surface area (Å²) in [6.45, 7) is 8.30. The number of rotatable bonds is 2. The Balaban J connectivity index is 0.000000134. The Morgan fingerprint density at radius 3 is 1.43 bits per heavy atom. The number of hydrogen-bond donors (Lipinski definition) is 0. The smallest absolute Gasteiger partial charge is 0.456 e. The maximum Gasteiger partial charge on any atom is 0.494 e. The van der Waals surface area contributed by atoms with Gasteiger partial charge in [0.25, 0.3) is 0 Å². The van der Waals surface area contributed by atoms with Gasteiger partial charge in [0.05, 0.1) is 27.9 Å². The van der Waals surface area contributed by atoms with Crippen molar-refractivity contribution in [2.45, 2.75) is 46.3 Å². The lowest BCUT2D eigenvalue weighted by Gasteiger charge is -2.32. The second-order valence-corrected chi connectivity index (χ2v) is 18.3. The van der Waals surface area contributed by atoms with Crippen LogP contribution in [0.25, 0.3) is 98.5 Å². The van der Waals surface area contributed by atoms with Crippen molar-refractivity contribution in [3.8, 4) is 24.1 Å². The van der Waals surface area contributed by atoms with E-state index >= 15 is 0 Å². The molecule has 4 aromatic heterocycles. The molecule has 1 saturated heterocycles. The van der Waals surface area contributed by atoms with Gasteiger partial charge in [-0.05, 0) is 145 Å². The molecule has 0 atom stereocenters. The van der Waals surface area contributed by atoms with E-state index in [-0.39, 0.29) is 36.3 Å². The van der Waals surface area contributed by atoms with Gasteiger partial charge in [-0.1, -0.05) is 110 Å². The molecule has 69 heavy (non-hydrogen) atoms. The van der Waals surface area contributed by atoms with Gasteiger partial charge < -0.3 is 18.1 Å². The zero-order chi connectivity index (χ0) is 47.3. The molecule has 0 N–H and O–H groups in total. The molecular formula is C57H44BCl3N4O4. The van der Waals surface area contributed by atoms with Crippen LogP contribution >= 0.6 is 34.8 Å². The fourth-order valence-electron chi connectivity index (χ4n) is 8.49. The van der Waals surface area contributed by atoms with Crippen LogP contribution in [-0.4, -0.2) is 38.3 Å². The van der Waals surface area contributed by atoms with Gasteiger partial charge >= 0.3 is 7.12 Å². The average molecular weight is 966 g/mol. The molecule has 0 aliphatic carbocycles. The van der Waals surface area contributed by atoms with Crippen molar-refractivity contribution in [1.29, 1.82) is 0 Å². The molecule has 0 spiro atoms. The molecule has 12 aromatic rings. The maximum absolute atomic E-state index is 6.21. The SMILES string of the molecule is C.C#C.CC1(C)OB(c2ccc3oc4cc5ccccc5cc4c3c2)OC1(C)C.Clc1nc(-c2ccc3oc4cc5ccccc5cc4c3c2)c2ccccc2n1.Clc1nc(Cl)c2ccccc2n1. The number of hydrogen-bond acceptors (Lipinski definition) is 8. The van der Waals surface area contributed by atoms with E-state index in [9.17, 15) is 0 Å². The minimum absolute atomic E-state index is 0. The largest absolute Gasteiger partial charge is 0.494 e. The zero-order valence-electron chi connectivity index (χ0n) is 37.3. The average Bonchev–Trinajstić information content (AvgIpc) is 3.96. The van der Waals surface area contributed by atoms with E-state index in [0.717, 1.165) is 82.4 Å². The Morgan fingerprint density at radius 1 is 0.435 bits per heavy atom. The first-order chi connectivity index (χ1) is 32.9. The van der Waals surface area contributed by atoms with E-state index in [1.165, 1.54) is 21.5 Å². The monoisotopic (exact) mass is 964 g/mol. The minimum Gasteiger partial charge on any atom is -0.456 e. The summed E-state index contributed by atoms with van der Waals surface area (Å²) in [4.78, 5) is 16.7. The summed E-state index contributed by atoms with van der Waals surface area (Å²) in [6, 6.07) is 53.0. The van der Waals surface area contributed by atoms with Gasteiger partial charge in [0, 0.05) is 37.9 Å². The first-order valence-electron chi connectivity index (χ1n) is 21.8. The lowest BCUT2D eigenvalue weighted by Crippen LogP contribution is -2.41. The van der Waals surface area contributed by atoms with Gasteiger partial charge in [-0.15, -0.1) is 12.8 Å². The molecular weight excluding hydrogens is 922 g/mol. The van der Waals surface area contributed by atoms with Crippen LogP contribution < -0.4 is 5.46 Å². The molecule has 12 heteroatoms. The highest BCUT2D eigenvalue weighted by Gasteiger charge is 2.51. The van der Waals surface area contributed by atoms with Crippen LogP contribution in [0.5, 0.6) is 0 Å². The highest BCUT2D eigenvalue weighted by atomic mass is 35.5. The van der Waals surface area contributed by atoms with Crippen molar-refractivity contribution in [3.05, 3.63) is 173 Å². The third-order valence-corrected chi connectivity index (χ3v) is 13.2. The van der Waals surface area contributed by atoms with Crippen molar-refractivity contribution in [1.82, 2.24) is 19.9 Å². The van der Waals surface area contributed by atoms with E-state index in [1.54, 1.807) is 0 Å². The minimum atomic E-state index is -0.366. The van der Waals surface area contributed by atoms with Crippen LogP contribution in [0.2, 0.25) is 15.7 Å². The standard InChI is InChI=1S/C24H13ClN2O.C22H21BO3.C8H4Cl2N2.C2H2.CH4/c25-24-26-20-8-4-3-7-17(20)23(27-24)16-9-10-21-18(12-16)19-11-14-5-1-2-6-15(14)13-22(19)28-21;1-21(2)22(3,4)26-23(25-21)16-9-10-19-18(13-16)17-11-14-7-5-6-8-15(14)12-20(17)24-19;9-7-5-3-1-2-4-6(5)11-8(10)12-7;1-2;/h1-13H;5-13H,1-4H3;1-4H;1-2H;1H4. The predicted octanol–water partition coefficient (Wildman–Crippen LogP) is 15.9. The molecule has 340 valence electrons. The van der Waals surface area contributed by atoms with Gasteiger partial charge in [-0.3, -0.25) is 0 Å². The van der Waals surface area contributed by atoms with Gasteiger partial charge in [0.2, 0.25) is 10.6 Å². The summed E-state index contributed by atoms with van der Waals surface area (Å²) in [5, 5.41) is 11.8. The number of nitrogens with zero attached hydrogens (tertiary/aromatic N) is 4. The Bertz CT molecular complexity index is 3910. The summed E-state index contributed by atoms with van der Waals surface area (Å²) < 4.78 is 24.6. The van der Waals surface area contributed by atoms with E-state index < -0.39 is 0 Å². The molecule has 0 bridgehead atoms. The summed E-state index contributed by atoms with van der Waals surface area (Å²) >= 11 is 17.6. The third kappa shape index (κ3) is 8.95. The summed E-state index contributed by atoms with van der Waals surface area (Å²) in [6.07, 6.45) is 8.00. The van der Waals surface area contributed by atoms with Crippen LogP contribution in [-0.2, 0) is 9.31 Å². The molecule has 13 rings (SSSR count). The van der Waals surface area contributed by atoms with Crippen LogP contribution in [0.15, 0.2) is 167 Å². The second-order valence-electron chi connectivity index (χ2n) is 17.3. The van der Waals surface area contributed by atoms with Crippen LogP contribution in [0.4, 0.5) is 0 Å². The van der Waals surface area contributed by atoms with Gasteiger partial charge in [0.15, 0.2) is 0 Å². The molecule has 8 nitrogen and oxygen atoms in total. The van der Waals surface area contributed by atoms with E-state index in [2.05, 4.69) is 133 Å². The molecule has 1 aliphatic heterocycles. The topological polar surface area (TPSA) is 96.3 Å². The number of para-hydroxylation sites is 2. The predicted molar refractivity (Wildman–Crippen MR) is 288 cm³/mol. The number of terminal acetylenes is 1. The van der Waals surface area contributed by atoms with Gasteiger partial charge in [0.1, 0.15) is 27.5 Å². The number of furan rings is 2. The summed E-state index contributed by atoms with van der Waals surface area (Å²) in [7, 11) is -0.366. The number of halogens is 3. The quantitative estimate of drug-likeness (QED) is 0.0732. The normalized spacial score (nSPS) is 13.8. The molecule has 0 unspecified atom stereocenters. The number of fused-ring (bicyclic) bond motifs is 10. The Labute approximate surface area is 414 Å². The number of aromatic nitrogens is 4. The highest BCUT2D eigenvalue weighted by molar-refractivity contribution is 6.62. The van der Waals surface area contributed by atoms with Crippen LogP contribution in [0.3, 0.4) is 0 Å². The fourth-order valence-corrected chi connectivity index (χ4v) is 9.13. The van der Waals surface area contributed by atoms with E-state index in [4.69, 9.17) is 52.9 Å². The van der Waals surface area contributed by atoms with E-state index in [1.807, 2.05) is 84.9 Å². The Hall–Kier alpha value is -7.03. The number of benzene rings is 8. The molecule has 0 radical (unpaired) electrons. The van der Waals surface area contributed by atoms with Crippen molar-refractivity contribution in [3.63, 3.8) is 0 Å². The zero-order valence-corrected chi connectivity index (χ0v) is 39.6. The first kappa shape index (κ1) is 47.1. The summed E-state index contributed by atoms with van der Waals surface area (Å²) in [5.74, 6) is 0. The van der Waals surface area contributed by atoms with Crippen molar-refractivity contribution >= 4 is 135 Å². The lowest BCUT2D eigenvalue weighted by molar-refractivity contribution is 0.00578. The Kier molecular flexibility index (Phi) is 12.8. The lowest BCUT2D eigenvalue weighted by atomic mass is 9.78. The summed E-state index contributed by atoms with van der Waals surface area (Å²) in [5.41, 5.74) is 7.28. The maximum atomic E-state index is 6.21.